The summed E-state index contributed by atoms with van der Waals surface area (Å²) in [5.41, 5.74) is 0.245. The first kappa shape index (κ1) is 12.5. The van der Waals surface area contributed by atoms with Crippen LogP contribution in [0.25, 0.3) is 0 Å². The number of aliphatic hydroxyl groups excluding tert-OH is 1. The highest BCUT2D eigenvalue weighted by Gasteiger charge is 2.41. The summed E-state index contributed by atoms with van der Waals surface area (Å²) in [7, 11) is 0. The summed E-state index contributed by atoms with van der Waals surface area (Å²) in [6, 6.07) is 0. The predicted octanol–water partition coefficient (Wildman–Crippen LogP) is 1.85. The Balaban J connectivity index is 2.06. The molecule has 0 spiro atoms. The number of carbonyl (C=O) groups is 1. The van der Waals surface area contributed by atoms with Gasteiger partial charge in [0.2, 0.25) is 5.91 Å². The molecule has 0 aliphatic heterocycles. The van der Waals surface area contributed by atoms with Crippen LogP contribution >= 0.6 is 0 Å². The van der Waals surface area contributed by atoms with Crippen molar-refractivity contribution in [2.24, 2.45) is 5.41 Å². The minimum absolute atomic E-state index is 0.174. The number of carbonyl (C=O) groups excluding carboxylic acids is 1. The van der Waals surface area contributed by atoms with Crippen LogP contribution in [0.4, 0.5) is 0 Å². The second-order valence-electron chi connectivity index (χ2n) is 4.71. The summed E-state index contributed by atoms with van der Waals surface area (Å²) in [4.78, 5) is 11.4. The first-order valence-corrected chi connectivity index (χ1v) is 6.10. The van der Waals surface area contributed by atoms with E-state index in [4.69, 9.17) is 5.11 Å². The zero-order chi connectivity index (χ0) is 11.1. The lowest BCUT2D eigenvalue weighted by atomic mass is 10.0. The molecule has 1 aliphatic rings. The van der Waals surface area contributed by atoms with Gasteiger partial charge in [0.1, 0.15) is 0 Å². The van der Waals surface area contributed by atoms with Crippen molar-refractivity contribution < 1.29 is 9.90 Å². The molecule has 1 saturated carbocycles. The molecular weight excluding hydrogens is 190 g/mol. The van der Waals surface area contributed by atoms with E-state index in [-0.39, 0.29) is 17.9 Å². The molecule has 0 aromatic heterocycles. The second-order valence-corrected chi connectivity index (χ2v) is 4.71. The molecule has 3 nitrogen and oxygen atoms in total. The molecule has 1 amide bonds. The molecule has 0 aromatic rings. The van der Waals surface area contributed by atoms with Crippen LogP contribution in [0.2, 0.25) is 0 Å². The molecule has 88 valence electrons. The predicted molar refractivity (Wildman–Crippen MR) is 60.5 cm³/mol. The van der Waals surface area contributed by atoms with E-state index in [0.717, 1.165) is 45.1 Å². The maximum Gasteiger partial charge on any atom is 0.220 e. The van der Waals surface area contributed by atoms with Crippen LogP contribution < -0.4 is 5.32 Å². The van der Waals surface area contributed by atoms with Gasteiger partial charge in [-0.2, -0.15) is 0 Å². The van der Waals surface area contributed by atoms with Gasteiger partial charge in [0, 0.05) is 19.6 Å². The molecule has 1 fully saturated rings. The van der Waals surface area contributed by atoms with Crippen molar-refractivity contribution in [2.45, 2.75) is 51.9 Å². The SMILES string of the molecule is CCCCCC(=O)NCC1(CCO)CC1. The van der Waals surface area contributed by atoms with E-state index in [1.165, 1.54) is 0 Å². The first-order chi connectivity index (χ1) is 7.22. The molecule has 1 rings (SSSR count). The lowest BCUT2D eigenvalue weighted by Gasteiger charge is -2.14. The van der Waals surface area contributed by atoms with Crippen LogP contribution in [0.1, 0.15) is 51.9 Å². The molecular formula is C12H23NO2. The normalized spacial score (nSPS) is 17.5. The fourth-order valence-corrected chi connectivity index (χ4v) is 1.84. The minimum atomic E-state index is 0.174. The van der Waals surface area contributed by atoms with Crippen molar-refractivity contribution in [3.8, 4) is 0 Å². The highest BCUT2D eigenvalue weighted by molar-refractivity contribution is 5.75. The minimum Gasteiger partial charge on any atom is -0.396 e. The number of aliphatic hydroxyl groups is 1. The number of unbranched alkanes of at least 4 members (excludes halogenated alkanes) is 2. The summed E-state index contributed by atoms with van der Waals surface area (Å²) in [6.07, 6.45) is 7.09. The Kier molecular flexibility index (Phi) is 5.09. The highest BCUT2D eigenvalue weighted by Crippen LogP contribution is 2.47. The average molecular weight is 213 g/mol. The quantitative estimate of drug-likeness (QED) is 0.604. The standard InChI is InChI=1S/C12H23NO2/c1-2-3-4-5-11(15)13-10-12(6-7-12)8-9-14/h14H,2-10H2,1H3,(H,13,15). The smallest absolute Gasteiger partial charge is 0.220 e. The van der Waals surface area contributed by atoms with E-state index in [2.05, 4.69) is 12.2 Å². The summed E-state index contributed by atoms with van der Waals surface area (Å²) in [5, 5.41) is 11.8. The highest BCUT2D eigenvalue weighted by atomic mass is 16.3. The number of hydrogen-bond acceptors (Lipinski definition) is 2. The molecule has 3 heteroatoms. The zero-order valence-corrected chi connectivity index (χ0v) is 9.72. The van der Waals surface area contributed by atoms with Gasteiger partial charge in [-0.25, -0.2) is 0 Å². The van der Waals surface area contributed by atoms with Gasteiger partial charge in [0.15, 0.2) is 0 Å². The molecule has 0 saturated heterocycles. The molecule has 0 aromatic carbocycles. The van der Waals surface area contributed by atoms with E-state index in [9.17, 15) is 4.79 Å². The molecule has 0 atom stereocenters. The first-order valence-electron chi connectivity index (χ1n) is 6.10. The van der Waals surface area contributed by atoms with Gasteiger partial charge >= 0.3 is 0 Å². The molecule has 2 N–H and O–H groups in total. The zero-order valence-electron chi connectivity index (χ0n) is 9.72. The number of hydrogen-bond donors (Lipinski definition) is 2. The van der Waals surface area contributed by atoms with Crippen LogP contribution in [0.15, 0.2) is 0 Å². The van der Waals surface area contributed by atoms with Crippen molar-refractivity contribution in [1.82, 2.24) is 5.32 Å². The Bertz CT molecular complexity index is 200. The van der Waals surface area contributed by atoms with Gasteiger partial charge in [0.05, 0.1) is 0 Å². The van der Waals surface area contributed by atoms with Crippen molar-refractivity contribution in [2.75, 3.05) is 13.2 Å². The largest absolute Gasteiger partial charge is 0.396 e. The van der Waals surface area contributed by atoms with Crippen molar-refractivity contribution in [3.63, 3.8) is 0 Å². The average Bonchev–Trinajstić information content (AvgIpc) is 2.97. The Labute approximate surface area is 92.3 Å². The van der Waals surface area contributed by atoms with E-state index >= 15 is 0 Å². The van der Waals surface area contributed by atoms with E-state index < -0.39 is 0 Å². The molecule has 0 unspecified atom stereocenters. The maximum absolute atomic E-state index is 11.4. The van der Waals surface area contributed by atoms with Crippen LogP contribution in [0.5, 0.6) is 0 Å². The Hall–Kier alpha value is -0.570. The van der Waals surface area contributed by atoms with E-state index in [0.29, 0.717) is 6.42 Å². The second kappa shape index (κ2) is 6.11. The Morgan fingerprint density at radius 3 is 2.67 bits per heavy atom. The Morgan fingerprint density at radius 1 is 1.40 bits per heavy atom. The number of amides is 1. The van der Waals surface area contributed by atoms with E-state index in [1.54, 1.807) is 0 Å². The maximum atomic E-state index is 11.4. The van der Waals surface area contributed by atoms with Crippen LogP contribution in [-0.4, -0.2) is 24.2 Å². The Morgan fingerprint density at radius 2 is 2.13 bits per heavy atom. The fourth-order valence-electron chi connectivity index (χ4n) is 1.84. The molecule has 0 heterocycles. The third-order valence-electron chi connectivity index (χ3n) is 3.27. The van der Waals surface area contributed by atoms with Crippen LogP contribution in [-0.2, 0) is 4.79 Å². The number of rotatable bonds is 8. The fraction of sp³-hybridized carbons (Fsp3) is 0.917. The summed E-state index contributed by atoms with van der Waals surface area (Å²) in [6.45, 7) is 3.14. The molecule has 15 heavy (non-hydrogen) atoms. The van der Waals surface area contributed by atoms with Crippen molar-refractivity contribution >= 4 is 5.91 Å². The van der Waals surface area contributed by atoms with Gasteiger partial charge < -0.3 is 10.4 Å². The number of nitrogens with one attached hydrogen (secondary N) is 1. The van der Waals surface area contributed by atoms with Crippen LogP contribution in [0.3, 0.4) is 0 Å². The van der Waals surface area contributed by atoms with Gasteiger partial charge in [0.25, 0.3) is 0 Å². The van der Waals surface area contributed by atoms with Crippen molar-refractivity contribution in [3.05, 3.63) is 0 Å². The monoisotopic (exact) mass is 213 g/mol. The third-order valence-corrected chi connectivity index (χ3v) is 3.27. The van der Waals surface area contributed by atoms with Crippen LogP contribution in [0, 0.1) is 5.41 Å². The summed E-state index contributed by atoms with van der Waals surface area (Å²) >= 11 is 0. The van der Waals surface area contributed by atoms with Crippen molar-refractivity contribution in [1.29, 1.82) is 0 Å². The topological polar surface area (TPSA) is 49.3 Å². The lowest BCUT2D eigenvalue weighted by molar-refractivity contribution is -0.121. The molecule has 0 radical (unpaired) electrons. The van der Waals surface area contributed by atoms with E-state index in [1.807, 2.05) is 0 Å². The lowest BCUT2D eigenvalue weighted by Crippen LogP contribution is -2.30. The summed E-state index contributed by atoms with van der Waals surface area (Å²) in [5.74, 6) is 0.174. The van der Waals surface area contributed by atoms with Gasteiger partial charge in [-0.15, -0.1) is 0 Å². The van der Waals surface area contributed by atoms with Gasteiger partial charge in [-0.05, 0) is 31.1 Å². The molecule has 0 bridgehead atoms. The third kappa shape index (κ3) is 4.65. The molecule has 1 aliphatic carbocycles. The van der Waals surface area contributed by atoms with Gasteiger partial charge in [-0.1, -0.05) is 19.8 Å². The van der Waals surface area contributed by atoms with Gasteiger partial charge in [-0.3, -0.25) is 4.79 Å². The summed E-state index contributed by atoms with van der Waals surface area (Å²) < 4.78 is 0.